The molecule has 0 aromatic heterocycles. The molecule has 2 aliphatic carbocycles. The molecule has 0 unspecified atom stereocenters. The smallest absolute Gasteiger partial charge is 0.187 e. The predicted octanol–water partition coefficient (Wildman–Crippen LogP) is -0.941. The fraction of sp³-hybridized carbons (Fsp3) is 0.588. The molecule has 2 bridgehead atoms. The van der Waals surface area contributed by atoms with Gasteiger partial charge >= 0.3 is 0 Å². The maximum Gasteiger partial charge on any atom is 0.187 e. The van der Waals surface area contributed by atoms with E-state index in [1.165, 1.54) is 0 Å². The first-order valence-electron chi connectivity index (χ1n) is 8.04. The number of Topliss-reactive ketones (excluding diaryl/α,β-unsaturated/α-hetero) is 1. The highest BCUT2D eigenvalue weighted by molar-refractivity contribution is 5.88. The Morgan fingerprint density at radius 1 is 1.08 bits per heavy atom. The summed E-state index contributed by atoms with van der Waals surface area (Å²) >= 11 is 0. The maximum atomic E-state index is 12.6. The fourth-order valence-electron chi connectivity index (χ4n) is 3.23. The van der Waals surface area contributed by atoms with Crippen LogP contribution in [-0.2, 0) is 14.3 Å². The zero-order valence-corrected chi connectivity index (χ0v) is 13.0. The van der Waals surface area contributed by atoms with Crippen molar-refractivity contribution in [3.63, 3.8) is 0 Å². The van der Waals surface area contributed by atoms with Gasteiger partial charge in [0.25, 0.3) is 0 Å². The number of hydrogen-bond acceptors (Lipinski definition) is 7. The number of ether oxygens (including phenoxy) is 2. The number of aliphatic hydroxyl groups is 4. The lowest BCUT2D eigenvalue weighted by atomic mass is 9.90. The summed E-state index contributed by atoms with van der Waals surface area (Å²) in [5.74, 6) is -0.736. The van der Waals surface area contributed by atoms with E-state index >= 15 is 0 Å². The van der Waals surface area contributed by atoms with Crippen LogP contribution < -0.4 is 0 Å². The van der Waals surface area contributed by atoms with Crippen molar-refractivity contribution in [2.45, 2.75) is 43.2 Å². The van der Waals surface area contributed by atoms with Crippen LogP contribution in [0.1, 0.15) is 6.42 Å². The van der Waals surface area contributed by atoms with Crippen molar-refractivity contribution in [2.75, 3.05) is 6.61 Å². The summed E-state index contributed by atoms with van der Waals surface area (Å²) in [6, 6.07) is 0. The Bertz CT molecular complexity index is 553. The Hall–Kier alpha value is -1.35. The number of hydrogen-bond donors (Lipinski definition) is 4. The number of aliphatic hydroxyl groups excluding tert-OH is 4. The van der Waals surface area contributed by atoms with Gasteiger partial charge in [-0.1, -0.05) is 36.5 Å². The van der Waals surface area contributed by atoms with Crippen LogP contribution in [0.4, 0.5) is 0 Å². The van der Waals surface area contributed by atoms with E-state index in [1.807, 2.05) is 18.2 Å². The number of carbonyl (C=O) groups is 1. The third kappa shape index (κ3) is 3.23. The Balaban J connectivity index is 1.78. The number of allylic oxidation sites excluding steroid dienone is 4. The van der Waals surface area contributed by atoms with Gasteiger partial charge in [0.15, 0.2) is 6.29 Å². The van der Waals surface area contributed by atoms with E-state index in [0.717, 1.165) is 0 Å². The van der Waals surface area contributed by atoms with Crippen LogP contribution >= 0.6 is 0 Å². The van der Waals surface area contributed by atoms with Gasteiger partial charge in [-0.2, -0.15) is 0 Å². The van der Waals surface area contributed by atoms with Crippen molar-refractivity contribution in [1.29, 1.82) is 0 Å². The molecule has 1 saturated heterocycles. The van der Waals surface area contributed by atoms with Crippen LogP contribution in [0, 0.1) is 11.8 Å². The minimum atomic E-state index is -1.51. The fourth-order valence-corrected chi connectivity index (χ4v) is 3.23. The Kier molecular flexibility index (Phi) is 5.29. The Morgan fingerprint density at radius 3 is 2.58 bits per heavy atom. The van der Waals surface area contributed by atoms with E-state index in [4.69, 9.17) is 9.47 Å². The summed E-state index contributed by atoms with van der Waals surface area (Å²) in [6.45, 7) is -0.528. The second-order valence-electron chi connectivity index (χ2n) is 6.27. The molecule has 0 saturated carbocycles. The molecule has 24 heavy (non-hydrogen) atoms. The SMILES string of the molecule is O=C1[C@@H]2C=CC=C[C@H]1[C@H](O[C@@H]1O[C@H](CO)[C@@H](O)[C@H](O)[C@H]1O)C=CC2. The number of fused-ring (bicyclic) bond motifs is 2. The van der Waals surface area contributed by atoms with Gasteiger partial charge in [-0.25, -0.2) is 0 Å². The molecule has 4 N–H and O–H groups in total. The zero-order valence-electron chi connectivity index (χ0n) is 13.0. The van der Waals surface area contributed by atoms with Crippen molar-refractivity contribution in [3.8, 4) is 0 Å². The largest absolute Gasteiger partial charge is 0.394 e. The van der Waals surface area contributed by atoms with Crippen LogP contribution in [0.15, 0.2) is 36.5 Å². The first-order valence-corrected chi connectivity index (χ1v) is 8.04. The highest BCUT2D eigenvalue weighted by Crippen LogP contribution is 2.30. The molecule has 3 rings (SSSR count). The van der Waals surface area contributed by atoms with Gasteiger partial charge in [0, 0.05) is 5.92 Å². The molecule has 1 heterocycles. The lowest BCUT2D eigenvalue weighted by Gasteiger charge is -2.41. The summed E-state index contributed by atoms with van der Waals surface area (Å²) in [5, 5.41) is 39.0. The lowest BCUT2D eigenvalue weighted by molar-refractivity contribution is -0.309. The highest BCUT2D eigenvalue weighted by atomic mass is 16.7. The first-order chi connectivity index (χ1) is 11.5. The standard InChI is InChI=1S/C17H22O7/c18-8-12-14(20)15(21)16(22)17(24-12)23-11-7-3-5-9-4-1-2-6-10(11)13(9)19/h1-4,6-7,9-12,14-18,20-22H,5,8H2/t9-,10+,11-,12-,14-,15+,16-,17-/m1/s1. The quantitative estimate of drug-likeness (QED) is 0.491. The van der Waals surface area contributed by atoms with Crippen molar-refractivity contribution >= 4 is 5.78 Å². The van der Waals surface area contributed by atoms with Crippen molar-refractivity contribution in [1.82, 2.24) is 0 Å². The van der Waals surface area contributed by atoms with Crippen molar-refractivity contribution in [2.24, 2.45) is 11.8 Å². The van der Waals surface area contributed by atoms with Crippen LogP contribution in [-0.4, -0.2) is 69.6 Å². The van der Waals surface area contributed by atoms with E-state index in [2.05, 4.69) is 0 Å². The molecule has 7 nitrogen and oxygen atoms in total. The highest BCUT2D eigenvalue weighted by Gasteiger charge is 2.45. The molecule has 1 aliphatic heterocycles. The van der Waals surface area contributed by atoms with Gasteiger partial charge in [0.05, 0.1) is 18.6 Å². The third-order valence-electron chi connectivity index (χ3n) is 4.68. The second-order valence-corrected chi connectivity index (χ2v) is 6.27. The van der Waals surface area contributed by atoms with E-state index in [-0.39, 0.29) is 11.7 Å². The van der Waals surface area contributed by atoms with Gasteiger partial charge in [-0.3, -0.25) is 4.79 Å². The summed E-state index contributed by atoms with van der Waals surface area (Å²) in [7, 11) is 0. The van der Waals surface area contributed by atoms with E-state index in [0.29, 0.717) is 6.42 Å². The normalized spacial score (nSPS) is 45.1. The molecular formula is C17H22O7. The van der Waals surface area contributed by atoms with Crippen LogP contribution in [0.25, 0.3) is 0 Å². The van der Waals surface area contributed by atoms with Gasteiger partial charge in [0.2, 0.25) is 0 Å². The summed E-state index contributed by atoms with van der Waals surface area (Å²) in [5.41, 5.74) is 0. The molecule has 0 aromatic rings. The molecule has 8 atom stereocenters. The Morgan fingerprint density at radius 2 is 1.83 bits per heavy atom. The van der Waals surface area contributed by atoms with Gasteiger partial charge in [-0.05, 0) is 6.42 Å². The molecule has 7 heteroatoms. The molecule has 3 aliphatic rings. The summed E-state index contributed by atoms with van der Waals surface area (Å²) in [4.78, 5) is 12.6. The average Bonchev–Trinajstić information content (AvgIpc) is 2.85. The van der Waals surface area contributed by atoms with E-state index < -0.39 is 49.3 Å². The summed E-state index contributed by atoms with van der Waals surface area (Å²) < 4.78 is 11.1. The van der Waals surface area contributed by atoms with Gasteiger partial charge in [-0.15, -0.1) is 0 Å². The predicted molar refractivity (Wildman–Crippen MR) is 82.7 cm³/mol. The van der Waals surface area contributed by atoms with Crippen molar-refractivity contribution in [3.05, 3.63) is 36.5 Å². The van der Waals surface area contributed by atoms with Crippen LogP contribution in [0.5, 0.6) is 0 Å². The molecule has 0 aromatic carbocycles. The number of rotatable bonds is 3. The molecule has 0 amide bonds. The molecule has 1 fully saturated rings. The van der Waals surface area contributed by atoms with Crippen molar-refractivity contribution < 1.29 is 34.7 Å². The van der Waals surface area contributed by atoms with E-state index in [9.17, 15) is 25.2 Å². The van der Waals surface area contributed by atoms with Gasteiger partial charge < -0.3 is 29.9 Å². The Labute approximate surface area is 139 Å². The summed E-state index contributed by atoms with van der Waals surface area (Å²) in [6.07, 6.45) is 3.95. The van der Waals surface area contributed by atoms with Crippen LogP contribution in [0.2, 0.25) is 0 Å². The zero-order chi connectivity index (χ0) is 17.3. The topological polar surface area (TPSA) is 116 Å². The molecule has 0 radical (unpaired) electrons. The van der Waals surface area contributed by atoms with E-state index in [1.54, 1.807) is 18.2 Å². The number of carbonyl (C=O) groups excluding carboxylic acids is 1. The minimum Gasteiger partial charge on any atom is -0.394 e. The first kappa shape index (κ1) is 17.5. The molecular weight excluding hydrogens is 316 g/mol. The molecule has 132 valence electrons. The van der Waals surface area contributed by atoms with Gasteiger partial charge in [0.1, 0.15) is 30.2 Å². The second kappa shape index (κ2) is 7.26. The lowest BCUT2D eigenvalue weighted by Crippen LogP contribution is -2.60. The molecule has 0 spiro atoms. The number of ketones is 1. The van der Waals surface area contributed by atoms with Crippen LogP contribution in [0.3, 0.4) is 0 Å². The average molecular weight is 338 g/mol. The monoisotopic (exact) mass is 338 g/mol. The maximum absolute atomic E-state index is 12.6. The third-order valence-corrected chi connectivity index (χ3v) is 4.68. The minimum absolute atomic E-state index is 0.0135.